The van der Waals surface area contributed by atoms with Crippen LogP contribution in [0.25, 0.3) is 10.8 Å². The van der Waals surface area contributed by atoms with Crippen molar-refractivity contribution in [3.8, 4) is 11.5 Å². The minimum Gasteiger partial charge on any atom is -0.506 e. The smallest absolute Gasteiger partial charge is 0.260 e. The van der Waals surface area contributed by atoms with Gasteiger partial charge in [-0.1, -0.05) is 49.7 Å². The van der Waals surface area contributed by atoms with E-state index >= 15 is 0 Å². The Morgan fingerprint density at radius 1 is 1.11 bits per heavy atom. The first kappa shape index (κ1) is 26.0. The maximum atomic E-state index is 12.5. The highest BCUT2D eigenvalue weighted by Crippen LogP contribution is 2.28. The van der Waals surface area contributed by atoms with Crippen LogP contribution in [-0.2, 0) is 4.79 Å². The summed E-state index contributed by atoms with van der Waals surface area (Å²) in [6.45, 7) is 6.09. The summed E-state index contributed by atoms with van der Waals surface area (Å²) in [7, 11) is 0. The van der Waals surface area contributed by atoms with Crippen LogP contribution >= 0.6 is 11.6 Å². The van der Waals surface area contributed by atoms with Gasteiger partial charge in [-0.3, -0.25) is 9.59 Å². The lowest BCUT2D eigenvalue weighted by Gasteiger charge is -2.34. The number of fused-ring (bicyclic) bond motifs is 1. The lowest BCUT2D eigenvalue weighted by atomic mass is 9.92. The van der Waals surface area contributed by atoms with Crippen molar-refractivity contribution in [3.63, 3.8) is 0 Å². The molecule has 1 heterocycles. The van der Waals surface area contributed by atoms with Crippen LogP contribution in [0.3, 0.4) is 0 Å². The van der Waals surface area contributed by atoms with E-state index in [2.05, 4.69) is 13.8 Å². The van der Waals surface area contributed by atoms with Crippen molar-refractivity contribution in [2.75, 3.05) is 19.7 Å². The molecule has 3 aromatic rings. The van der Waals surface area contributed by atoms with Gasteiger partial charge in [-0.2, -0.15) is 0 Å². The van der Waals surface area contributed by atoms with Crippen molar-refractivity contribution in [2.45, 2.75) is 20.3 Å². The lowest BCUT2D eigenvalue weighted by molar-refractivity contribution is -0.136. The number of aromatic hydroxyl groups is 1. The minimum atomic E-state index is -0.563. The molecule has 0 aromatic heterocycles. The number of nitrogens with zero attached hydrogens (tertiary/aromatic N) is 1. The number of carbonyl (C=O) groups excluding carboxylic acids is 2. The predicted molar refractivity (Wildman–Crippen MR) is 138 cm³/mol. The second kappa shape index (κ2) is 11.7. The van der Waals surface area contributed by atoms with E-state index in [-0.39, 0.29) is 28.8 Å². The average Bonchev–Trinajstić information content (AvgIpc) is 2.83. The van der Waals surface area contributed by atoms with Crippen molar-refractivity contribution in [1.29, 1.82) is 5.41 Å². The number of piperidine rings is 1. The number of halogens is 1. The largest absolute Gasteiger partial charge is 0.506 e. The van der Waals surface area contributed by atoms with Gasteiger partial charge in [-0.15, -0.1) is 0 Å². The molecule has 2 unspecified atom stereocenters. The molecule has 2 amide bonds. The predicted octanol–water partition coefficient (Wildman–Crippen LogP) is 4.87. The molecule has 3 aromatic carbocycles. The van der Waals surface area contributed by atoms with Gasteiger partial charge in [0.1, 0.15) is 11.5 Å². The van der Waals surface area contributed by atoms with Crippen molar-refractivity contribution in [3.05, 3.63) is 70.7 Å². The summed E-state index contributed by atoms with van der Waals surface area (Å²) < 4.78 is 5.84. The number of hydrogen-bond donors (Lipinski definition) is 3. The highest BCUT2D eigenvalue weighted by Gasteiger charge is 2.25. The Morgan fingerprint density at radius 2 is 1.77 bits per heavy atom. The Morgan fingerprint density at radius 3 is 2.37 bits per heavy atom. The van der Waals surface area contributed by atoms with E-state index < -0.39 is 5.91 Å². The Hall–Kier alpha value is -3.58. The van der Waals surface area contributed by atoms with E-state index in [9.17, 15) is 9.59 Å². The van der Waals surface area contributed by atoms with Crippen LogP contribution in [0.5, 0.6) is 11.5 Å². The summed E-state index contributed by atoms with van der Waals surface area (Å²) in [4.78, 5) is 25.0. The molecule has 0 spiro atoms. The summed E-state index contributed by atoms with van der Waals surface area (Å²) in [5, 5.41) is 18.5. The van der Waals surface area contributed by atoms with E-state index in [1.54, 1.807) is 0 Å². The van der Waals surface area contributed by atoms with Crippen LogP contribution in [0.2, 0.25) is 5.02 Å². The van der Waals surface area contributed by atoms with Crippen LogP contribution in [-0.4, -0.2) is 47.7 Å². The fourth-order valence-corrected chi connectivity index (χ4v) is 4.48. The summed E-state index contributed by atoms with van der Waals surface area (Å²) in [6, 6.07) is 15.6. The number of phenolic OH excluding ortho intramolecular Hbond substituents is 1. The standard InChI is InChI=1S/C20H24N2O2.C7H6ClNO2/c1-14-9-15(2)12-22(11-14)20(23)13-24-19-8-7-16(10-21)17-5-3-4-6-18(17)19;8-5-3-4(7(9)11)1-2-6(5)10/h3-8,10,14-15,21H,9,11-13H2,1-2H3;1-3,10H,(H2,9,11). The second-order valence-electron chi connectivity index (χ2n) is 8.91. The fourth-order valence-electron chi connectivity index (χ4n) is 4.30. The monoisotopic (exact) mass is 495 g/mol. The molecule has 4 rings (SSSR count). The van der Waals surface area contributed by atoms with E-state index in [0.29, 0.717) is 17.6 Å². The zero-order valence-electron chi connectivity index (χ0n) is 19.8. The normalized spacial score (nSPS) is 17.3. The van der Waals surface area contributed by atoms with Crippen LogP contribution in [0.4, 0.5) is 0 Å². The van der Waals surface area contributed by atoms with Gasteiger partial charge in [0.15, 0.2) is 6.61 Å². The topological polar surface area (TPSA) is 117 Å². The first-order chi connectivity index (χ1) is 16.7. The molecule has 1 saturated heterocycles. The minimum absolute atomic E-state index is 0.0496. The zero-order valence-corrected chi connectivity index (χ0v) is 20.6. The van der Waals surface area contributed by atoms with E-state index in [0.717, 1.165) is 29.4 Å². The zero-order chi connectivity index (χ0) is 25.5. The lowest BCUT2D eigenvalue weighted by Crippen LogP contribution is -2.44. The Labute approximate surface area is 210 Å². The molecule has 1 aliphatic rings. The summed E-state index contributed by atoms with van der Waals surface area (Å²) in [5.74, 6) is 1.22. The highest BCUT2D eigenvalue weighted by molar-refractivity contribution is 6.32. The molecule has 8 heteroatoms. The SMILES string of the molecule is CC1CC(C)CN(C(=O)COc2ccc(C=N)c3ccccc23)C1.NC(=O)c1ccc(O)c(Cl)c1. The molecule has 1 fully saturated rings. The van der Waals surface area contributed by atoms with E-state index in [4.69, 9.17) is 32.6 Å². The highest BCUT2D eigenvalue weighted by atomic mass is 35.5. The van der Waals surface area contributed by atoms with Crippen molar-refractivity contribution >= 4 is 40.4 Å². The number of phenols is 1. The molecule has 4 N–H and O–H groups in total. The number of nitrogens with one attached hydrogen (secondary N) is 1. The molecular weight excluding hydrogens is 466 g/mol. The van der Waals surface area contributed by atoms with Crippen LogP contribution in [0, 0.1) is 17.2 Å². The first-order valence-electron chi connectivity index (χ1n) is 11.4. The molecule has 0 bridgehead atoms. The Bertz CT molecular complexity index is 1220. The number of rotatable bonds is 5. The van der Waals surface area contributed by atoms with E-state index in [1.807, 2.05) is 41.3 Å². The number of nitrogens with two attached hydrogens (primary N) is 1. The Kier molecular flexibility index (Phi) is 8.71. The molecule has 0 aliphatic carbocycles. The van der Waals surface area contributed by atoms with Gasteiger partial charge in [-0.25, -0.2) is 0 Å². The van der Waals surface area contributed by atoms with Crippen LogP contribution in [0.1, 0.15) is 36.2 Å². The molecule has 35 heavy (non-hydrogen) atoms. The quantitative estimate of drug-likeness (QED) is 0.438. The third kappa shape index (κ3) is 6.73. The van der Waals surface area contributed by atoms with Crippen molar-refractivity contribution in [2.24, 2.45) is 17.6 Å². The third-order valence-electron chi connectivity index (χ3n) is 5.88. The van der Waals surface area contributed by atoms with Crippen molar-refractivity contribution in [1.82, 2.24) is 4.90 Å². The number of amides is 2. The number of primary amides is 1. The first-order valence-corrected chi connectivity index (χ1v) is 11.8. The Balaban J connectivity index is 0.000000261. The van der Waals surface area contributed by atoms with E-state index in [1.165, 1.54) is 30.8 Å². The van der Waals surface area contributed by atoms with Gasteiger partial charge in [0.05, 0.1) is 5.02 Å². The fraction of sp³-hybridized carbons (Fsp3) is 0.296. The molecule has 184 valence electrons. The molecule has 1 aliphatic heterocycles. The molecule has 2 atom stereocenters. The van der Waals surface area contributed by atoms with Crippen LogP contribution < -0.4 is 10.5 Å². The third-order valence-corrected chi connectivity index (χ3v) is 6.18. The summed E-state index contributed by atoms with van der Waals surface area (Å²) >= 11 is 5.50. The van der Waals surface area contributed by atoms with Crippen LogP contribution in [0.15, 0.2) is 54.6 Å². The number of benzene rings is 3. The molecule has 7 nitrogen and oxygen atoms in total. The average molecular weight is 496 g/mol. The number of carbonyl (C=O) groups is 2. The number of hydrogen-bond acceptors (Lipinski definition) is 5. The van der Waals surface area contributed by atoms with Gasteiger partial charge in [0.25, 0.3) is 5.91 Å². The molecule has 0 saturated carbocycles. The maximum Gasteiger partial charge on any atom is 0.260 e. The van der Waals surface area contributed by atoms with Gasteiger partial charge in [-0.05, 0) is 54.0 Å². The number of likely N-dealkylation sites (tertiary alicyclic amines) is 1. The van der Waals surface area contributed by atoms with Gasteiger partial charge in [0.2, 0.25) is 5.91 Å². The maximum absolute atomic E-state index is 12.5. The summed E-state index contributed by atoms with van der Waals surface area (Å²) in [5.41, 5.74) is 6.09. The molecule has 0 radical (unpaired) electrons. The molecular formula is C27H30ClN3O4. The van der Waals surface area contributed by atoms with Gasteiger partial charge < -0.3 is 25.9 Å². The van der Waals surface area contributed by atoms with Gasteiger partial charge >= 0.3 is 0 Å². The van der Waals surface area contributed by atoms with Gasteiger partial charge in [0, 0.05) is 35.8 Å². The van der Waals surface area contributed by atoms with Crippen molar-refractivity contribution < 1.29 is 19.4 Å². The number of ether oxygens (including phenoxy) is 1. The summed E-state index contributed by atoms with van der Waals surface area (Å²) in [6.07, 6.45) is 2.52. The second-order valence-corrected chi connectivity index (χ2v) is 9.31.